The van der Waals surface area contributed by atoms with Gasteiger partial charge in [-0.3, -0.25) is 0 Å². The molecule has 2 nitrogen and oxygen atoms in total. The first kappa shape index (κ1) is 11.5. The normalized spacial score (nSPS) is 18.5. The molecule has 1 fully saturated rings. The Morgan fingerprint density at radius 3 is 2.50 bits per heavy atom. The predicted octanol–water partition coefficient (Wildman–Crippen LogP) is 4.08. The summed E-state index contributed by atoms with van der Waals surface area (Å²) in [6.45, 7) is 2.16. The zero-order chi connectivity index (χ0) is 12.4. The minimum atomic E-state index is 0.255. The average molecular weight is 241 g/mol. The van der Waals surface area contributed by atoms with Gasteiger partial charge in [0.25, 0.3) is 0 Å². The van der Waals surface area contributed by atoms with Gasteiger partial charge in [0.1, 0.15) is 5.76 Å². The van der Waals surface area contributed by atoms with E-state index in [1.807, 2.05) is 12.1 Å². The van der Waals surface area contributed by atoms with Crippen molar-refractivity contribution in [3.05, 3.63) is 60.1 Å². The van der Waals surface area contributed by atoms with E-state index in [-0.39, 0.29) is 6.04 Å². The van der Waals surface area contributed by atoms with Crippen molar-refractivity contribution < 1.29 is 4.42 Å². The van der Waals surface area contributed by atoms with E-state index >= 15 is 0 Å². The van der Waals surface area contributed by atoms with Crippen LogP contribution in [0.1, 0.15) is 43.2 Å². The maximum absolute atomic E-state index is 5.47. The summed E-state index contributed by atoms with van der Waals surface area (Å²) in [5, 5.41) is 3.70. The molecule has 94 valence electrons. The summed E-state index contributed by atoms with van der Waals surface area (Å²) in [6, 6.07) is 15.4. The van der Waals surface area contributed by atoms with Gasteiger partial charge in [-0.1, -0.05) is 30.3 Å². The molecule has 0 bridgehead atoms. The van der Waals surface area contributed by atoms with Gasteiger partial charge < -0.3 is 9.73 Å². The molecule has 1 unspecified atom stereocenters. The molecule has 0 radical (unpaired) electrons. The van der Waals surface area contributed by atoms with Crippen LogP contribution in [0.25, 0.3) is 0 Å². The molecule has 1 heterocycles. The number of hydrogen-bond donors (Lipinski definition) is 1. The molecule has 1 aromatic carbocycles. The fourth-order valence-corrected chi connectivity index (χ4v) is 2.48. The molecule has 1 aromatic heterocycles. The van der Waals surface area contributed by atoms with Crippen LogP contribution in [-0.2, 0) is 0 Å². The second kappa shape index (κ2) is 4.99. The topological polar surface area (TPSA) is 25.2 Å². The summed E-state index contributed by atoms with van der Waals surface area (Å²) >= 11 is 0. The van der Waals surface area contributed by atoms with Gasteiger partial charge in [-0.2, -0.15) is 0 Å². The highest BCUT2D eigenvalue weighted by Crippen LogP contribution is 2.42. The van der Waals surface area contributed by atoms with Gasteiger partial charge >= 0.3 is 0 Å². The first-order valence-electron chi connectivity index (χ1n) is 6.69. The number of rotatable bonds is 5. The van der Waals surface area contributed by atoms with E-state index in [4.69, 9.17) is 4.42 Å². The maximum atomic E-state index is 5.47. The summed E-state index contributed by atoms with van der Waals surface area (Å²) in [6.07, 6.45) is 4.40. The second-order valence-electron chi connectivity index (χ2n) is 5.13. The Morgan fingerprint density at radius 1 is 1.11 bits per heavy atom. The standard InChI is InChI=1S/C16H19NO/c1-12(15-8-5-11-18-15)17-16(14-9-10-14)13-6-3-2-4-7-13/h2-8,11-12,14,16-17H,9-10H2,1H3/t12-,16?/m0/s1. The van der Waals surface area contributed by atoms with Crippen LogP contribution in [0, 0.1) is 5.92 Å². The molecule has 0 saturated heterocycles. The lowest BCUT2D eigenvalue weighted by Crippen LogP contribution is -2.25. The number of nitrogens with one attached hydrogen (secondary N) is 1. The lowest BCUT2D eigenvalue weighted by molar-refractivity contribution is 0.372. The number of hydrogen-bond acceptors (Lipinski definition) is 2. The van der Waals surface area contributed by atoms with E-state index in [1.54, 1.807) is 6.26 Å². The molecule has 2 aromatic rings. The molecule has 18 heavy (non-hydrogen) atoms. The lowest BCUT2D eigenvalue weighted by atomic mass is 10.0. The fourth-order valence-electron chi connectivity index (χ4n) is 2.48. The van der Waals surface area contributed by atoms with Crippen LogP contribution in [-0.4, -0.2) is 0 Å². The van der Waals surface area contributed by atoms with Crippen molar-refractivity contribution in [1.82, 2.24) is 5.32 Å². The summed E-state index contributed by atoms with van der Waals surface area (Å²) in [5.74, 6) is 1.79. The van der Waals surface area contributed by atoms with E-state index in [2.05, 4.69) is 42.6 Å². The lowest BCUT2D eigenvalue weighted by Gasteiger charge is -2.22. The van der Waals surface area contributed by atoms with Crippen LogP contribution >= 0.6 is 0 Å². The zero-order valence-electron chi connectivity index (χ0n) is 10.7. The van der Waals surface area contributed by atoms with Crippen molar-refractivity contribution >= 4 is 0 Å². The van der Waals surface area contributed by atoms with E-state index < -0.39 is 0 Å². The average Bonchev–Trinajstić information content (AvgIpc) is 3.10. The highest BCUT2D eigenvalue weighted by molar-refractivity contribution is 5.21. The van der Waals surface area contributed by atoms with Crippen LogP contribution in [0.15, 0.2) is 53.1 Å². The molecule has 1 aliphatic rings. The molecule has 0 amide bonds. The monoisotopic (exact) mass is 241 g/mol. The largest absolute Gasteiger partial charge is 0.468 e. The first-order valence-corrected chi connectivity index (χ1v) is 6.69. The van der Waals surface area contributed by atoms with Crippen LogP contribution in [0.2, 0.25) is 0 Å². The molecular formula is C16H19NO. The van der Waals surface area contributed by atoms with Gasteiger partial charge in [-0.15, -0.1) is 0 Å². The van der Waals surface area contributed by atoms with Crippen molar-refractivity contribution in [1.29, 1.82) is 0 Å². The van der Waals surface area contributed by atoms with Crippen LogP contribution in [0.3, 0.4) is 0 Å². The Kier molecular flexibility index (Phi) is 3.20. The first-order chi connectivity index (χ1) is 8.84. The SMILES string of the molecule is C[C@H](NC(c1ccccc1)C1CC1)c1ccco1. The Morgan fingerprint density at radius 2 is 1.89 bits per heavy atom. The third-order valence-corrected chi connectivity index (χ3v) is 3.65. The van der Waals surface area contributed by atoms with Crippen molar-refractivity contribution in [3.8, 4) is 0 Å². The molecule has 1 saturated carbocycles. The van der Waals surface area contributed by atoms with Gasteiger partial charge in [0, 0.05) is 6.04 Å². The number of furan rings is 1. The Bertz CT molecular complexity index is 473. The number of benzene rings is 1. The molecule has 0 aliphatic heterocycles. The van der Waals surface area contributed by atoms with Gasteiger partial charge in [-0.25, -0.2) is 0 Å². The molecular weight excluding hydrogens is 222 g/mol. The van der Waals surface area contributed by atoms with Gasteiger partial charge in [0.15, 0.2) is 0 Å². The van der Waals surface area contributed by atoms with E-state index in [9.17, 15) is 0 Å². The second-order valence-corrected chi connectivity index (χ2v) is 5.13. The van der Waals surface area contributed by atoms with E-state index in [0.717, 1.165) is 11.7 Å². The maximum Gasteiger partial charge on any atom is 0.120 e. The van der Waals surface area contributed by atoms with Crippen molar-refractivity contribution in [2.45, 2.75) is 31.8 Å². The molecule has 1 N–H and O–H groups in total. The summed E-state index contributed by atoms with van der Waals surface area (Å²) < 4.78 is 5.47. The van der Waals surface area contributed by atoms with E-state index in [0.29, 0.717) is 6.04 Å². The Labute approximate surface area is 108 Å². The third kappa shape index (κ3) is 2.49. The summed E-state index contributed by atoms with van der Waals surface area (Å²) in [4.78, 5) is 0. The van der Waals surface area contributed by atoms with E-state index in [1.165, 1.54) is 18.4 Å². The van der Waals surface area contributed by atoms with Crippen molar-refractivity contribution in [2.75, 3.05) is 0 Å². The molecule has 2 heteroatoms. The highest BCUT2D eigenvalue weighted by atomic mass is 16.3. The van der Waals surface area contributed by atoms with Gasteiger partial charge in [0.05, 0.1) is 12.3 Å². The Hall–Kier alpha value is -1.54. The van der Waals surface area contributed by atoms with Crippen molar-refractivity contribution in [2.24, 2.45) is 5.92 Å². The fraction of sp³-hybridized carbons (Fsp3) is 0.375. The minimum absolute atomic E-state index is 0.255. The summed E-state index contributed by atoms with van der Waals surface area (Å²) in [7, 11) is 0. The predicted molar refractivity (Wildman–Crippen MR) is 72.2 cm³/mol. The smallest absolute Gasteiger partial charge is 0.120 e. The quantitative estimate of drug-likeness (QED) is 0.853. The molecule has 0 spiro atoms. The third-order valence-electron chi connectivity index (χ3n) is 3.65. The molecule has 3 rings (SSSR count). The highest BCUT2D eigenvalue weighted by Gasteiger charge is 2.33. The van der Waals surface area contributed by atoms with Gasteiger partial charge in [0.2, 0.25) is 0 Å². The van der Waals surface area contributed by atoms with Crippen LogP contribution < -0.4 is 5.32 Å². The van der Waals surface area contributed by atoms with Crippen LogP contribution in [0.4, 0.5) is 0 Å². The zero-order valence-corrected chi connectivity index (χ0v) is 10.7. The molecule has 1 aliphatic carbocycles. The minimum Gasteiger partial charge on any atom is -0.468 e. The van der Waals surface area contributed by atoms with Crippen molar-refractivity contribution in [3.63, 3.8) is 0 Å². The summed E-state index contributed by atoms with van der Waals surface area (Å²) in [5.41, 5.74) is 1.39. The molecule has 2 atom stereocenters. The van der Waals surface area contributed by atoms with Crippen LogP contribution in [0.5, 0.6) is 0 Å². The Balaban J connectivity index is 1.75. The van der Waals surface area contributed by atoms with Gasteiger partial charge in [-0.05, 0) is 43.4 Å².